The van der Waals surface area contributed by atoms with Crippen LogP contribution in [0.1, 0.15) is 27.2 Å². The van der Waals surface area contributed by atoms with Gasteiger partial charge in [-0.15, -0.1) is 0 Å². The fraction of sp³-hybridized carbons (Fsp3) is 0.909. The quantitative estimate of drug-likeness (QED) is 0.721. The first kappa shape index (κ1) is 15.0. The van der Waals surface area contributed by atoms with Gasteiger partial charge in [0.05, 0.1) is 24.9 Å². The molecule has 0 aromatic rings. The second-order valence-corrected chi connectivity index (χ2v) is 5.90. The van der Waals surface area contributed by atoms with Crippen molar-refractivity contribution in [3.05, 3.63) is 0 Å². The summed E-state index contributed by atoms with van der Waals surface area (Å²) in [5.41, 5.74) is 4.23. The molecule has 1 aliphatic rings. The molecule has 0 aliphatic carbocycles. The molecule has 1 aliphatic heterocycles. The van der Waals surface area contributed by atoms with E-state index in [0.29, 0.717) is 27.8 Å². The predicted molar refractivity (Wildman–Crippen MR) is 68.1 cm³/mol. The van der Waals surface area contributed by atoms with Crippen LogP contribution < -0.4 is 5.73 Å². The number of aliphatic hydroxyl groups excluding tert-OH is 1. The lowest BCUT2D eigenvalue weighted by Gasteiger charge is -2.38. The van der Waals surface area contributed by atoms with Crippen LogP contribution >= 0.6 is 8.20 Å². The molecule has 0 radical (unpaired) electrons. The summed E-state index contributed by atoms with van der Waals surface area (Å²) in [5.74, 6) is 0. The molecule has 1 fully saturated rings. The number of hydrogen-bond donors (Lipinski definition) is 2. The van der Waals surface area contributed by atoms with Gasteiger partial charge in [-0.3, -0.25) is 5.73 Å². The lowest BCUT2D eigenvalue weighted by molar-refractivity contribution is -0.263. The largest absolute Gasteiger partial charge is 0.393 e. The summed E-state index contributed by atoms with van der Waals surface area (Å²) in [4.78, 5) is 0. The van der Waals surface area contributed by atoms with Gasteiger partial charge in [0.2, 0.25) is 0 Å². The second-order valence-electron chi connectivity index (χ2n) is 4.96. The average molecular weight is 263 g/mol. The molecule has 5 nitrogen and oxygen atoms in total. The molecule has 0 amide bonds. The molecule has 0 spiro atoms. The summed E-state index contributed by atoms with van der Waals surface area (Å²) >= 11 is 0. The Hall–Kier alpha value is -0.0300. The molecule has 6 heteroatoms. The topological polar surface area (TPSA) is 73.9 Å². The van der Waals surface area contributed by atoms with Crippen molar-refractivity contribution in [1.29, 1.82) is 0 Å². The molecular formula is C11H22NO4P. The van der Waals surface area contributed by atoms with Gasteiger partial charge in [-0.05, 0) is 29.0 Å². The van der Waals surface area contributed by atoms with Crippen molar-refractivity contribution in [1.82, 2.24) is 0 Å². The summed E-state index contributed by atoms with van der Waals surface area (Å²) in [6.07, 6.45) is 3.64. The van der Waals surface area contributed by atoms with Gasteiger partial charge in [-0.25, -0.2) is 0 Å². The van der Waals surface area contributed by atoms with E-state index in [1.54, 1.807) is 6.92 Å². The smallest absolute Gasteiger partial charge is 0.269 e. The van der Waals surface area contributed by atoms with Crippen molar-refractivity contribution < 1.29 is 19.3 Å². The van der Waals surface area contributed by atoms with Crippen LogP contribution in [-0.2, 0) is 14.2 Å². The van der Waals surface area contributed by atoms with Gasteiger partial charge in [0.15, 0.2) is 0 Å². The fourth-order valence-corrected chi connectivity index (χ4v) is 2.22. The van der Waals surface area contributed by atoms with Crippen LogP contribution in [0.5, 0.6) is 0 Å². The minimum Gasteiger partial charge on any atom is -0.393 e. The first-order valence-electron chi connectivity index (χ1n) is 5.67. The maximum Gasteiger partial charge on any atom is 0.269 e. The van der Waals surface area contributed by atoms with Crippen LogP contribution in [0.15, 0.2) is 0 Å². The third-order valence-corrected chi connectivity index (χ3v) is 3.14. The molecule has 1 saturated heterocycles. The standard InChI is InChI=1S/C11H22NO4P/c1-8(13)5-10(2,3)16-9-6-14-11(12,17-4)15-7-9/h8-9,13H,4-7,12H2,1-3H3. The Bertz CT molecular complexity index is 262. The predicted octanol–water partition coefficient (Wildman–Crippen LogP) is 0.916. The lowest BCUT2D eigenvalue weighted by atomic mass is 10.0. The zero-order chi connectivity index (χ0) is 13.1. The van der Waals surface area contributed by atoms with E-state index in [0.717, 1.165) is 0 Å². The van der Waals surface area contributed by atoms with Gasteiger partial charge in [0.25, 0.3) is 5.65 Å². The number of aliphatic hydroxyl groups is 1. The van der Waals surface area contributed by atoms with E-state index in [4.69, 9.17) is 19.9 Å². The van der Waals surface area contributed by atoms with Crippen LogP contribution in [-0.4, -0.2) is 48.1 Å². The van der Waals surface area contributed by atoms with Crippen molar-refractivity contribution in [2.75, 3.05) is 13.2 Å². The first-order valence-corrected chi connectivity index (χ1v) is 6.75. The van der Waals surface area contributed by atoms with Crippen LogP contribution in [0.25, 0.3) is 0 Å². The highest BCUT2D eigenvalue weighted by atomic mass is 31.1. The van der Waals surface area contributed by atoms with Crippen LogP contribution in [0.3, 0.4) is 0 Å². The van der Waals surface area contributed by atoms with Gasteiger partial charge in [-0.1, -0.05) is 6.30 Å². The van der Waals surface area contributed by atoms with Crippen molar-refractivity contribution in [2.45, 2.75) is 50.7 Å². The minimum absolute atomic E-state index is 0.165. The average Bonchev–Trinajstić information content (AvgIpc) is 2.19. The fourth-order valence-electron chi connectivity index (χ4n) is 1.88. The Balaban J connectivity index is 2.42. The molecule has 0 saturated carbocycles. The van der Waals surface area contributed by atoms with Crippen molar-refractivity contribution >= 4 is 14.5 Å². The maximum absolute atomic E-state index is 9.37. The van der Waals surface area contributed by atoms with Crippen molar-refractivity contribution in [2.24, 2.45) is 5.73 Å². The molecule has 1 heterocycles. The summed E-state index contributed by atoms with van der Waals surface area (Å²) in [6.45, 7) is 6.36. The van der Waals surface area contributed by atoms with Gasteiger partial charge < -0.3 is 19.3 Å². The Morgan fingerprint density at radius 2 is 2.12 bits per heavy atom. The van der Waals surface area contributed by atoms with Crippen LogP contribution in [0.4, 0.5) is 0 Å². The zero-order valence-electron chi connectivity index (χ0n) is 10.7. The third kappa shape index (κ3) is 5.00. The molecule has 3 N–H and O–H groups in total. The maximum atomic E-state index is 9.37. The van der Waals surface area contributed by atoms with E-state index in [9.17, 15) is 5.11 Å². The second kappa shape index (κ2) is 5.74. The van der Waals surface area contributed by atoms with Gasteiger partial charge in [0.1, 0.15) is 6.10 Å². The molecule has 1 rings (SSSR count). The van der Waals surface area contributed by atoms with Crippen LogP contribution in [0, 0.1) is 0 Å². The summed E-state index contributed by atoms with van der Waals surface area (Å²) in [7, 11) is 0.594. The van der Waals surface area contributed by atoms with E-state index < -0.39 is 17.4 Å². The first-order chi connectivity index (χ1) is 7.76. The van der Waals surface area contributed by atoms with E-state index in [1.807, 2.05) is 13.8 Å². The summed E-state index contributed by atoms with van der Waals surface area (Å²) in [6, 6.07) is 0. The number of nitrogens with two attached hydrogens (primary N) is 1. The minimum atomic E-state index is -1.10. The Labute approximate surface area is 104 Å². The van der Waals surface area contributed by atoms with E-state index in [-0.39, 0.29) is 6.10 Å². The zero-order valence-corrected chi connectivity index (χ0v) is 11.6. The normalized spacial score (nSPS) is 32.6. The highest BCUT2D eigenvalue weighted by Crippen LogP contribution is 2.27. The molecule has 0 aromatic carbocycles. The SMILES string of the molecule is C=PC1(N)OCC(OC(C)(C)CC(C)O)CO1. The van der Waals surface area contributed by atoms with Crippen molar-refractivity contribution in [3.63, 3.8) is 0 Å². The van der Waals surface area contributed by atoms with Gasteiger partial charge >= 0.3 is 0 Å². The number of rotatable bonds is 5. The molecule has 1 unspecified atom stereocenters. The summed E-state index contributed by atoms with van der Waals surface area (Å²) < 4.78 is 16.6. The summed E-state index contributed by atoms with van der Waals surface area (Å²) in [5, 5.41) is 9.37. The highest BCUT2D eigenvalue weighted by Gasteiger charge is 2.35. The Morgan fingerprint density at radius 3 is 2.53 bits per heavy atom. The van der Waals surface area contributed by atoms with E-state index in [2.05, 4.69) is 6.30 Å². The molecule has 100 valence electrons. The molecule has 1 atom stereocenters. The third-order valence-electron chi connectivity index (χ3n) is 2.45. The van der Waals surface area contributed by atoms with Crippen molar-refractivity contribution in [3.8, 4) is 0 Å². The molecule has 0 bridgehead atoms. The monoisotopic (exact) mass is 263 g/mol. The molecular weight excluding hydrogens is 241 g/mol. The van der Waals surface area contributed by atoms with Gasteiger partial charge in [0, 0.05) is 6.42 Å². The molecule has 17 heavy (non-hydrogen) atoms. The number of ether oxygens (including phenoxy) is 3. The highest BCUT2D eigenvalue weighted by molar-refractivity contribution is 7.37. The van der Waals surface area contributed by atoms with Gasteiger partial charge in [-0.2, -0.15) is 0 Å². The Morgan fingerprint density at radius 1 is 1.59 bits per heavy atom. The lowest BCUT2D eigenvalue weighted by Crippen LogP contribution is -2.51. The molecule has 0 aromatic heterocycles. The number of hydrogen-bond acceptors (Lipinski definition) is 5. The Kier molecular flexibility index (Phi) is 5.07. The van der Waals surface area contributed by atoms with E-state index in [1.165, 1.54) is 0 Å². The van der Waals surface area contributed by atoms with E-state index >= 15 is 0 Å². The van der Waals surface area contributed by atoms with Crippen LogP contribution in [0.2, 0.25) is 0 Å².